The van der Waals surface area contributed by atoms with Crippen LogP contribution in [0.3, 0.4) is 0 Å². The number of hydrogen-bond acceptors (Lipinski definition) is 14. The van der Waals surface area contributed by atoms with Gasteiger partial charge < -0.3 is 61.6 Å². The molecular weight excluding hydrogens is 620 g/mol. The van der Waals surface area contributed by atoms with Crippen LogP contribution in [0.5, 0.6) is 0 Å². The van der Waals surface area contributed by atoms with E-state index < -0.39 is 0 Å². The van der Waals surface area contributed by atoms with Crippen molar-refractivity contribution in [3.05, 3.63) is 35.9 Å². The SMILES string of the molecule is CC(=O)OCCOCCOCCOCCOCCOCCOCCOCCOCCOCCOCCOCCOCc1ccccc1. The monoisotopic (exact) mass is 678 g/mol. The van der Waals surface area contributed by atoms with Crippen molar-refractivity contribution in [2.24, 2.45) is 0 Å². The number of ether oxygens (including phenoxy) is 13. The molecule has 0 aliphatic heterocycles. The lowest BCUT2D eigenvalue weighted by Crippen LogP contribution is -2.15. The highest BCUT2D eigenvalue weighted by atomic mass is 16.6. The molecule has 0 fully saturated rings. The summed E-state index contributed by atoms with van der Waals surface area (Å²) >= 11 is 0. The Bertz CT molecular complexity index is 758. The van der Waals surface area contributed by atoms with Gasteiger partial charge in [-0.05, 0) is 5.56 Å². The maximum absolute atomic E-state index is 10.6. The second-order valence-electron chi connectivity index (χ2n) is 9.61. The van der Waals surface area contributed by atoms with Gasteiger partial charge in [0, 0.05) is 6.92 Å². The Hall–Kier alpha value is -1.79. The summed E-state index contributed by atoms with van der Waals surface area (Å²) < 4.78 is 70.2. The average molecular weight is 679 g/mol. The predicted octanol–water partition coefficient (Wildman–Crippen LogP) is 1.95. The molecule has 14 heteroatoms. The van der Waals surface area contributed by atoms with Crippen molar-refractivity contribution in [1.82, 2.24) is 0 Å². The number of rotatable bonds is 38. The molecule has 1 aromatic rings. The highest BCUT2D eigenvalue weighted by molar-refractivity contribution is 5.65. The van der Waals surface area contributed by atoms with Gasteiger partial charge in [0.15, 0.2) is 0 Å². The summed E-state index contributed by atoms with van der Waals surface area (Å²) in [6.07, 6.45) is 0. The molecule has 1 rings (SSSR count). The molecule has 0 bridgehead atoms. The molecule has 0 aliphatic carbocycles. The van der Waals surface area contributed by atoms with Gasteiger partial charge in [0.2, 0.25) is 0 Å². The summed E-state index contributed by atoms with van der Waals surface area (Å²) in [5.74, 6) is -0.312. The van der Waals surface area contributed by atoms with E-state index in [1.165, 1.54) is 6.92 Å². The summed E-state index contributed by atoms with van der Waals surface area (Å²) in [5.41, 5.74) is 1.16. The van der Waals surface area contributed by atoms with E-state index in [2.05, 4.69) is 0 Å². The van der Waals surface area contributed by atoms with E-state index in [9.17, 15) is 4.79 Å². The van der Waals surface area contributed by atoms with Gasteiger partial charge in [-0.3, -0.25) is 4.79 Å². The number of esters is 1. The van der Waals surface area contributed by atoms with Crippen LogP contribution < -0.4 is 0 Å². The van der Waals surface area contributed by atoms with E-state index in [1.54, 1.807) is 0 Å². The summed E-state index contributed by atoms with van der Waals surface area (Å²) in [5, 5.41) is 0. The molecule has 14 nitrogen and oxygen atoms in total. The Morgan fingerprint density at radius 3 is 0.851 bits per heavy atom. The lowest BCUT2D eigenvalue weighted by Gasteiger charge is -2.09. The molecule has 0 radical (unpaired) electrons. The Balaban J connectivity index is 1.61. The number of benzene rings is 1. The molecule has 0 amide bonds. The van der Waals surface area contributed by atoms with E-state index in [-0.39, 0.29) is 12.6 Å². The second kappa shape index (κ2) is 37.0. The van der Waals surface area contributed by atoms with Crippen molar-refractivity contribution in [2.75, 3.05) is 159 Å². The van der Waals surface area contributed by atoms with Crippen molar-refractivity contribution in [3.63, 3.8) is 0 Å². The van der Waals surface area contributed by atoms with Gasteiger partial charge in [-0.25, -0.2) is 0 Å². The first kappa shape index (κ1) is 43.2. The Morgan fingerprint density at radius 1 is 0.362 bits per heavy atom. The van der Waals surface area contributed by atoms with Crippen LogP contribution in [0.4, 0.5) is 0 Å². The van der Waals surface area contributed by atoms with Crippen LogP contribution in [-0.4, -0.2) is 165 Å². The Morgan fingerprint density at radius 2 is 0.596 bits per heavy atom. The van der Waals surface area contributed by atoms with E-state index in [1.807, 2.05) is 30.3 Å². The minimum Gasteiger partial charge on any atom is -0.463 e. The van der Waals surface area contributed by atoms with Gasteiger partial charge in [0.1, 0.15) is 6.61 Å². The second-order valence-corrected chi connectivity index (χ2v) is 9.61. The van der Waals surface area contributed by atoms with E-state index >= 15 is 0 Å². The fraction of sp³-hybridized carbons (Fsp3) is 0.788. The summed E-state index contributed by atoms with van der Waals surface area (Å²) in [7, 11) is 0. The zero-order valence-corrected chi connectivity index (χ0v) is 28.3. The van der Waals surface area contributed by atoms with Gasteiger partial charge in [-0.2, -0.15) is 0 Å². The van der Waals surface area contributed by atoms with E-state index in [0.29, 0.717) is 159 Å². The van der Waals surface area contributed by atoms with Gasteiger partial charge in [-0.15, -0.1) is 0 Å². The van der Waals surface area contributed by atoms with Crippen LogP contribution in [0.1, 0.15) is 12.5 Å². The van der Waals surface area contributed by atoms with Crippen molar-refractivity contribution in [3.8, 4) is 0 Å². The smallest absolute Gasteiger partial charge is 0.302 e. The van der Waals surface area contributed by atoms with Gasteiger partial charge in [0.25, 0.3) is 0 Å². The molecule has 0 aliphatic rings. The molecule has 1 aromatic carbocycles. The summed E-state index contributed by atoms with van der Waals surface area (Å²) in [6.45, 7) is 13.7. The molecule has 0 aromatic heterocycles. The molecule has 0 unspecified atom stereocenters. The zero-order chi connectivity index (χ0) is 33.6. The first-order valence-electron chi connectivity index (χ1n) is 16.4. The fourth-order valence-electron chi connectivity index (χ4n) is 3.43. The summed E-state index contributed by atoms with van der Waals surface area (Å²) in [6, 6.07) is 10.1. The lowest BCUT2D eigenvalue weighted by atomic mass is 10.2. The van der Waals surface area contributed by atoms with Crippen molar-refractivity contribution in [1.29, 1.82) is 0 Å². The van der Waals surface area contributed by atoms with Gasteiger partial charge >= 0.3 is 5.97 Å². The molecule has 0 atom stereocenters. The fourth-order valence-corrected chi connectivity index (χ4v) is 3.43. The zero-order valence-electron chi connectivity index (χ0n) is 28.3. The van der Waals surface area contributed by atoms with E-state index in [0.717, 1.165) is 5.56 Å². The topological polar surface area (TPSA) is 137 Å². The van der Waals surface area contributed by atoms with Crippen LogP contribution in [0.15, 0.2) is 30.3 Å². The minimum atomic E-state index is -0.312. The highest BCUT2D eigenvalue weighted by Gasteiger charge is 1.97. The highest BCUT2D eigenvalue weighted by Crippen LogP contribution is 2.00. The Labute approximate surface area is 280 Å². The van der Waals surface area contributed by atoms with Gasteiger partial charge in [0.05, 0.1) is 159 Å². The molecule has 47 heavy (non-hydrogen) atoms. The van der Waals surface area contributed by atoms with Crippen LogP contribution in [0, 0.1) is 0 Å². The molecule has 274 valence electrons. The molecule has 0 saturated carbocycles. The predicted molar refractivity (Wildman–Crippen MR) is 172 cm³/mol. The lowest BCUT2D eigenvalue weighted by molar-refractivity contribution is -0.142. The van der Waals surface area contributed by atoms with E-state index in [4.69, 9.17) is 61.6 Å². The maximum Gasteiger partial charge on any atom is 0.302 e. The maximum atomic E-state index is 10.6. The molecule has 0 N–H and O–H groups in total. The van der Waals surface area contributed by atoms with Crippen LogP contribution >= 0.6 is 0 Å². The Kier molecular flexibility index (Phi) is 34.1. The normalized spacial score (nSPS) is 11.3. The summed E-state index contributed by atoms with van der Waals surface area (Å²) in [4.78, 5) is 10.6. The third-order valence-electron chi connectivity index (χ3n) is 5.74. The number of carbonyl (C=O) groups excluding carboxylic acids is 1. The first-order valence-corrected chi connectivity index (χ1v) is 16.4. The third kappa shape index (κ3) is 35.3. The number of carbonyl (C=O) groups is 1. The molecular formula is C33H58O14. The minimum absolute atomic E-state index is 0.257. The largest absolute Gasteiger partial charge is 0.463 e. The van der Waals surface area contributed by atoms with Crippen LogP contribution in [-0.2, 0) is 73.0 Å². The van der Waals surface area contributed by atoms with Gasteiger partial charge in [-0.1, -0.05) is 30.3 Å². The number of hydrogen-bond donors (Lipinski definition) is 0. The average Bonchev–Trinajstić information content (AvgIpc) is 3.08. The third-order valence-corrected chi connectivity index (χ3v) is 5.74. The standard InChI is InChI=1S/C33H58O14/c1-32(34)47-30-29-45-26-25-43-22-21-41-18-17-39-14-13-37-10-9-35-7-8-36-11-12-38-15-16-40-19-20-42-23-24-44-27-28-46-31-33-5-3-2-4-6-33/h2-6H,7-31H2,1H3. The van der Waals surface area contributed by atoms with Crippen molar-refractivity contribution >= 4 is 5.97 Å². The first-order chi connectivity index (χ1) is 23.3. The van der Waals surface area contributed by atoms with Crippen LogP contribution in [0.25, 0.3) is 0 Å². The van der Waals surface area contributed by atoms with Crippen molar-refractivity contribution in [2.45, 2.75) is 13.5 Å². The molecule has 0 saturated heterocycles. The quantitative estimate of drug-likeness (QED) is 0.0744. The van der Waals surface area contributed by atoms with Crippen LogP contribution in [0.2, 0.25) is 0 Å². The van der Waals surface area contributed by atoms with Crippen molar-refractivity contribution < 1.29 is 66.4 Å². The molecule has 0 heterocycles. The molecule has 0 spiro atoms.